The Hall–Kier alpha value is -1.30. The van der Waals surface area contributed by atoms with Crippen LogP contribution in [0.4, 0.5) is 4.79 Å². The second-order valence-electron chi connectivity index (χ2n) is 5.60. The van der Waals surface area contributed by atoms with E-state index in [2.05, 4.69) is 10.6 Å². The molecule has 19 heavy (non-hydrogen) atoms. The number of amides is 2. The normalized spacial score (nSPS) is 24.8. The van der Waals surface area contributed by atoms with Crippen molar-refractivity contribution >= 4 is 12.0 Å². The summed E-state index contributed by atoms with van der Waals surface area (Å²) in [5.74, 6) is -0.852. The molecule has 1 rings (SSSR count). The minimum Gasteiger partial charge on any atom is -0.480 e. The molecule has 110 valence electrons. The second-order valence-corrected chi connectivity index (χ2v) is 5.60. The number of carboxylic acid groups (broad SMARTS) is 1. The van der Waals surface area contributed by atoms with Crippen LogP contribution in [0.2, 0.25) is 0 Å². The Kier molecular flexibility index (Phi) is 6.08. The third kappa shape index (κ3) is 5.46. The molecule has 6 nitrogen and oxygen atoms in total. The zero-order valence-electron chi connectivity index (χ0n) is 11.6. The van der Waals surface area contributed by atoms with Gasteiger partial charge < -0.3 is 20.8 Å². The molecule has 0 aromatic carbocycles. The Morgan fingerprint density at radius 2 is 1.89 bits per heavy atom. The van der Waals surface area contributed by atoms with Crippen LogP contribution in [0.5, 0.6) is 0 Å². The van der Waals surface area contributed by atoms with E-state index in [1.54, 1.807) is 0 Å². The maximum absolute atomic E-state index is 11.8. The molecule has 1 fully saturated rings. The summed E-state index contributed by atoms with van der Waals surface area (Å²) < 4.78 is 0. The third-order valence-corrected chi connectivity index (χ3v) is 3.36. The van der Waals surface area contributed by atoms with Crippen molar-refractivity contribution in [3.8, 4) is 0 Å². The Bertz CT molecular complexity index is 320. The van der Waals surface area contributed by atoms with Gasteiger partial charge in [-0.1, -0.05) is 26.7 Å². The summed E-state index contributed by atoms with van der Waals surface area (Å²) in [7, 11) is 0. The molecular formula is C13H24N2O4. The lowest BCUT2D eigenvalue weighted by atomic mass is 9.93. The number of carbonyl (C=O) groups excluding carboxylic acids is 1. The molecule has 2 amide bonds. The monoisotopic (exact) mass is 272 g/mol. The van der Waals surface area contributed by atoms with E-state index >= 15 is 0 Å². The van der Waals surface area contributed by atoms with E-state index in [9.17, 15) is 14.7 Å². The summed E-state index contributed by atoms with van der Waals surface area (Å²) in [6.45, 7) is 3.81. The Morgan fingerprint density at radius 1 is 1.26 bits per heavy atom. The fourth-order valence-electron chi connectivity index (χ4n) is 2.34. The fourth-order valence-corrected chi connectivity index (χ4v) is 2.34. The first-order valence-electron chi connectivity index (χ1n) is 6.88. The molecule has 1 saturated carbocycles. The second kappa shape index (κ2) is 7.33. The number of carboxylic acids is 1. The summed E-state index contributed by atoms with van der Waals surface area (Å²) in [6.07, 6.45) is 3.20. The maximum Gasteiger partial charge on any atom is 0.326 e. The van der Waals surface area contributed by atoms with Gasteiger partial charge >= 0.3 is 12.0 Å². The number of hydrogen-bond acceptors (Lipinski definition) is 3. The number of carbonyl (C=O) groups is 2. The highest BCUT2D eigenvalue weighted by molar-refractivity contribution is 5.82. The molecule has 0 aromatic heterocycles. The average molecular weight is 272 g/mol. The van der Waals surface area contributed by atoms with Gasteiger partial charge in [0.25, 0.3) is 0 Å². The number of rotatable bonds is 5. The zero-order chi connectivity index (χ0) is 14.4. The average Bonchev–Trinajstić information content (AvgIpc) is 2.30. The van der Waals surface area contributed by atoms with Crippen molar-refractivity contribution < 1.29 is 19.8 Å². The van der Waals surface area contributed by atoms with Crippen LogP contribution in [0.15, 0.2) is 0 Å². The van der Waals surface area contributed by atoms with E-state index in [1.165, 1.54) is 0 Å². The first kappa shape index (κ1) is 15.8. The molecule has 0 heterocycles. The van der Waals surface area contributed by atoms with Gasteiger partial charge in [-0.2, -0.15) is 0 Å². The molecule has 6 heteroatoms. The number of urea groups is 1. The van der Waals surface area contributed by atoms with Gasteiger partial charge in [0.15, 0.2) is 0 Å². The van der Waals surface area contributed by atoms with E-state index in [4.69, 9.17) is 5.11 Å². The topological polar surface area (TPSA) is 98.7 Å². The van der Waals surface area contributed by atoms with Crippen LogP contribution in [0.25, 0.3) is 0 Å². The molecule has 0 bridgehead atoms. The number of aliphatic hydroxyl groups is 1. The van der Waals surface area contributed by atoms with Crippen molar-refractivity contribution in [2.24, 2.45) is 5.92 Å². The summed E-state index contributed by atoms with van der Waals surface area (Å²) in [5.41, 5.74) is 0. The predicted octanol–water partition coefficient (Wildman–Crippen LogP) is 1.09. The van der Waals surface area contributed by atoms with E-state index < -0.39 is 24.1 Å². The van der Waals surface area contributed by atoms with Crippen LogP contribution in [0.1, 0.15) is 46.0 Å². The van der Waals surface area contributed by atoms with Gasteiger partial charge in [0.2, 0.25) is 0 Å². The van der Waals surface area contributed by atoms with Crippen molar-refractivity contribution in [1.82, 2.24) is 10.6 Å². The van der Waals surface area contributed by atoms with Crippen LogP contribution < -0.4 is 10.6 Å². The molecule has 2 unspecified atom stereocenters. The van der Waals surface area contributed by atoms with Gasteiger partial charge in [-0.3, -0.25) is 0 Å². The van der Waals surface area contributed by atoms with Crippen molar-refractivity contribution in [1.29, 1.82) is 0 Å². The third-order valence-electron chi connectivity index (χ3n) is 3.36. The van der Waals surface area contributed by atoms with E-state index in [0.717, 1.165) is 19.3 Å². The Labute approximate surface area is 113 Å². The van der Waals surface area contributed by atoms with Crippen molar-refractivity contribution in [3.05, 3.63) is 0 Å². The highest BCUT2D eigenvalue weighted by Gasteiger charge is 2.26. The van der Waals surface area contributed by atoms with Gasteiger partial charge in [-0.25, -0.2) is 9.59 Å². The fraction of sp³-hybridized carbons (Fsp3) is 0.846. The Morgan fingerprint density at radius 3 is 2.42 bits per heavy atom. The van der Waals surface area contributed by atoms with E-state index in [0.29, 0.717) is 12.8 Å². The summed E-state index contributed by atoms with van der Waals surface area (Å²) in [4.78, 5) is 22.8. The number of nitrogens with one attached hydrogen (secondary N) is 2. The van der Waals surface area contributed by atoms with Crippen LogP contribution in [0, 0.1) is 5.92 Å². The lowest BCUT2D eigenvalue weighted by Gasteiger charge is -2.29. The van der Waals surface area contributed by atoms with Crippen molar-refractivity contribution in [2.45, 2.75) is 64.1 Å². The number of aliphatic carboxylic acids is 1. The molecule has 1 aliphatic carbocycles. The van der Waals surface area contributed by atoms with Crippen molar-refractivity contribution in [3.63, 3.8) is 0 Å². The summed E-state index contributed by atoms with van der Waals surface area (Å²) >= 11 is 0. The molecular weight excluding hydrogens is 248 g/mol. The largest absolute Gasteiger partial charge is 0.480 e. The Balaban J connectivity index is 2.45. The molecule has 0 radical (unpaired) electrons. The van der Waals surface area contributed by atoms with Gasteiger partial charge in [0.1, 0.15) is 6.04 Å². The molecule has 0 saturated heterocycles. The van der Waals surface area contributed by atoms with E-state index in [-0.39, 0.29) is 12.0 Å². The molecule has 4 N–H and O–H groups in total. The lowest BCUT2D eigenvalue weighted by molar-refractivity contribution is -0.139. The molecule has 3 atom stereocenters. The maximum atomic E-state index is 11.8. The van der Waals surface area contributed by atoms with Crippen LogP contribution in [0.3, 0.4) is 0 Å². The zero-order valence-corrected chi connectivity index (χ0v) is 11.6. The minimum atomic E-state index is -1.03. The molecule has 0 aliphatic heterocycles. The molecule has 1 aliphatic rings. The molecule has 0 spiro atoms. The first-order valence-corrected chi connectivity index (χ1v) is 6.88. The van der Waals surface area contributed by atoms with Crippen LogP contribution in [-0.2, 0) is 4.79 Å². The summed E-state index contributed by atoms with van der Waals surface area (Å²) in [5, 5.41) is 23.9. The van der Waals surface area contributed by atoms with Gasteiger partial charge in [0, 0.05) is 0 Å². The van der Waals surface area contributed by atoms with Gasteiger partial charge in [0.05, 0.1) is 12.1 Å². The molecule has 0 aromatic rings. The predicted molar refractivity (Wildman–Crippen MR) is 70.8 cm³/mol. The first-order chi connectivity index (χ1) is 8.90. The summed E-state index contributed by atoms with van der Waals surface area (Å²) in [6, 6.07) is -1.68. The van der Waals surface area contributed by atoms with Crippen LogP contribution in [-0.4, -0.2) is 40.4 Å². The van der Waals surface area contributed by atoms with Gasteiger partial charge in [-0.15, -0.1) is 0 Å². The van der Waals surface area contributed by atoms with E-state index in [1.807, 2.05) is 13.8 Å². The minimum absolute atomic E-state index is 0.182. The number of hydrogen-bond donors (Lipinski definition) is 4. The van der Waals surface area contributed by atoms with Crippen molar-refractivity contribution in [2.75, 3.05) is 0 Å². The lowest BCUT2D eigenvalue weighted by Crippen LogP contribution is -2.53. The smallest absolute Gasteiger partial charge is 0.326 e. The van der Waals surface area contributed by atoms with Gasteiger partial charge in [-0.05, 0) is 25.2 Å². The number of aliphatic hydroxyl groups excluding tert-OH is 1. The standard InChI is InChI=1S/C13H24N2O4/c1-8(2)7-10(12(17)18)15-13(19)14-9-5-3-4-6-11(9)16/h8-11,16H,3-7H2,1-2H3,(H,17,18)(H2,14,15,19)/t9?,10-,11?/m1/s1. The quantitative estimate of drug-likeness (QED) is 0.602. The highest BCUT2D eigenvalue weighted by atomic mass is 16.4. The highest BCUT2D eigenvalue weighted by Crippen LogP contribution is 2.18. The van der Waals surface area contributed by atoms with Crippen LogP contribution >= 0.6 is 0 Å². The SMILES string of the molecule is CC(C)C[C@@H](NC(=O)NC1CCCCC1O)C(=O)O.